The summed E-state index contributed by atoms with van der Waals surface area (Å²) in [7, 11) is 0. The van der Waals surface area contributed by atoms with E-state index >= 15 is 0 Å². The minimum atomic E-state index is 0. The molecule has 0 radical (unpaired) electrons. The molecule has 1 heterocycles. The monoisotopic (exact) mass is 696 g/mol. The van der Waals surface area contributed by atoms with E-state index in [2.05, 4.69) is 84.4 Å². The maximum atomic E-state index is 5.01. The van der Waals surface area contributed by atoms with Crippen LogP contribution in [0.5, 0.6) is 0 Å². The van der Waals surface area contributed by atoms with Crippen molar-refractivity contribution in [2.45, 2.75) is 71.3 Å². The van der Waals surface area contributed by atoms with Crippen molar-refractivity contribution in [1.82, 2.24) is 4.98 Å². The summed E-state index contributed by atoms with van der Waals surface area (Å²) in [5.74, 6) is 1.49. The predicted octanol–water partition coefficient (Wildman–Crippen LogP) is 10.7. The Kier molecular flexibility index (Phi) is 14.9. The molecule has 0 N–H and O–H groups in total. The van der Waals surface area contributed by atoms with Crippen LogP contribution in [0.15, 0.2) is 97.1 Å². The number of rotatable bonds is 6. The van der Waals surface area contributed by atoms with Gasteiger partial charge in [0.1, 0.15) is 0 Å². The van der Waals surface area contributed by atoms with Crippen molar-refractivity contribution in [1.29, 1.82) is 0 Å². The van der Waals surface area contributed by atoms with Crippen molar-refractivity contribution in [3.05, 3.63) is 156 Å². The molecule has 0 spiro atoms. The van der Waals surface area contributed by atoms with Crippen molar-refractivity contribution in [3.8, 4) is 0 Å². The van der Waals surface area contributed by atoms with Crippen LogP contribution < -0.4 is 0 Å². The Morgan fingerprint density at radius 3 is 1.70 bits per heavy atom. The molecule has 1 saturated carbocycles. The molecule has 1 aliphatic rings. The fraction of sp³-hybridized carbons (Fsp3) is 0.297. The van der Waals surface area contributed by atoms with Gasteiger partial charge in [-0.15, -0.1) is 35.9 Å². The van der Waals surface area contributed by atoms with Gasteiger partial charge in [-0.25, -0.2) is 0 Å². The molecule has 1 fully saturated rings. The van der Waals surface area contributed by atoms with Crippen LogP contribution in [-0.4, -0.2) is 4.98 Å². The van der Waals surface area contributed by atoms with Gasteiger partial charge in [0.2, 0.25) is 0 Å². The van der Waals surface area contributed by atoms with Gasteiger partial charge in [-0.05, 0) is 24.0 Å². The number of benzene rings is 3. The summed E-state index contributed by atoms with van der Waals surface area (Å²) in [5, 5.41) is 5.01. The summed E-state index contributed by atoms with van der Waals surface area (Å²) >= 11 is 0. The third-order valence-corrected chi connectivity index (χ3v) is 6.81. The number of para-hydroxylation sites is 1. The standard InChI is InChI=1S/C23H30N2.2C7H7.Hf/c1-16(2)20-12-8-13-21(17(3)4)23(20)24-15-19-11-7-14-22(25-19)18-9-5-6-10-18;2*1-7-5-3-2-4-6-7;/h7-9,11-14,16-18H,5-6,10,15H2,1-4H3;2*2-6H,1H2;/q-2;2*-1;. The van der Waals surface area contributed by atoms with Crippen LogP contribution in [0.2, 0.25) is 0 Å². The molecule has 3 heteroatoms. The van der Waals surface area contributed by atoms with E-state index in [0.717, 1.165) is 16.8 Å². The quantitative estimate of drug-likeness (QED) is 0.146. The van der Waals surface area contributed by atoms with Crippen molar-refractivity contribution in [2.75, 3.05) is 0 Å². The zero-order valence-corrected chi connectivity index (χ0v) is 28.3. The Morgan fingerprint density at radius 1 is 0.750 bits per heavy atom. The first-order chi connectivity index (χ1) is 18.8. The van der Waals surface area contributed by atoms with Gasteiger partial charge in [0.25, 0.3) is 0 Å². The van der Waals surface area contributed by atoms with Gasteiger partial charge in [-0.3, -0.25) is 4.98 Å². The average Bonchev–Trinajstić information content (AvgIpc) is 3.49. The van der Waals surface area contributed by atoms with Gasteiger partial charge in [0, 0.05) is 37.2 Å². The van der Waals surface area contributed by atoms with Crippen LogP contribution in [0, 0.1) is 20.3 Å². The summed E-state index contributed by atoms with van der Waals surface area (Å²) in [6, 6.07) is 32.8. The maximum Gasteiger partial charge on any atom is 0.0230 e. The molecule has 0 bridgehead atoms. The molecule has 40 heavy (non-hydrogen) atoms. The number of pyridine rings is 1. The van der Waals surface area contributed by atoms with Gasteiger partial charge in [-0.1, -0.05) is 94.6 Å². The first-order valence-corrected chi connectivity index (χ1v) is 14.2. The van der Waals surface area contributed by atoms with E-state index < -0.39 is 0 Å². The van der Waals surface area contributed by atoms with Gasteiger partial charge < -0.3 is 11.7 Å². The Balaban J connectivity index is 0.000000304. The molecule has 4 aromatic rings. The predicted molar refractivity (Wildman–Crippen MR) is 168 cm³/mol. The van der Waals surface area contributed by atoms with E-state index in [-0.39, 0.29) is 25.8 Å². The third-order valence-electron chi connectivity index (χ3n) is 6.81. The van der Waals surface area contributed by atoms with Gasteiger partial charge >= 0.3 is 0 Å². The third kappa shape index (κ3) is 11.0. The van der Waals surface area contributed by atoms with Crippen LogP contribution in [0.3, 0.4) is 0 Å². The van der Waals surface area contributed by atoms with E-state index in [4.69, 9.17) is 10.3 Å². The fourth-order valence-electron chi connectivity index (χ4n) is 4.65. The van der Waals surface area contributed by atoms with E-state index in [1.165, 1.54) is 41.8 Å². The summed E-state index contributed by atoms with van der Waals surface area (Å²) in [6.07, 6.45) is 6.16. The summed E-state index contributed by atoms with van der Waals surface area (Å²) in [4.78, 5) is 4.89. The minimum absolute atomic E-state index is 0. The average molecular weight is 695 g/mol. The summed E-state index contributed by atoms with van der Waals surface area (Å²) in [6.45, 7) is 17.1. The summed E-state index contributed by atoms with van der Waals surface area (Å²) < 4.78 is 0. The molecule has 3 aromatic carbocycles. The van der Waals surface area contributed by atoms with Gasteiger partial charge in [0.05, 0.1) is 0 Å². The van der Waals surface area contributed by atoms with Crippen molar-refractivity contribution < 1.29 is 25.8 Å². The number of aromatic nitrogens is 1. The number of nitrogens with zero attached hydrogens (tertiary/aromatic N) is 2. The molecular weight excluding hydrogens is 651 g/mol. The zero-order chi connectivity index (χ0) is 28.0. The Hall–Kier alpha value is -2.78. The van der Waals surface area contributed by atoms with E-state index in [0.29, 0.717) is 24.3 Å². The second-order valence-electron chi connectivity index (χ2n) is 10.7. The largest absolute Gasteiger partial charge is 0.679 e. The Labute approximate surface area is 262 Å². The SMILES string of the molecule is CC(C)c1cccc(C(C)C)c1[N-]Cc1cccc(C2[CH-]CCC2)n1.[CH2-]c1ccccc1.[CH2-]c1ccccc1.[Hf]. The fourth-order valence-corrected chi connectivity index (χ4v) is 4.65. The molecule has 1 aromatic heterocycles. The molecule has 0 amide bonds. The molecule has 5 rings (SSSR count). The molecular formula is C37H44HfN2-4. The van der Waals surface area contributed by atoms with E-state index in [1.54, 1.807) is 0 Å². The molecule has 1 unspecified atom stereocenters. The second-order valence-corrected chi connectivity index (χ2v) is 10.7. The number of hydrogen-bond donors (Lipinski definition) is 0. The van der Waals surface area contributed by atoms with Gasteiger partial charge in [-0.2, -0.15) is 55.7 Å². The molecule has 210 valence electrons. The first-order valence-electron chi connectivity index (χ1n) is 14.2. The Bertz CT molecular complexity index is 1170. The van der Waals surface area contributed by atoms with Crippen molar-refractivity contribution in [3.63, 3.8) is 0 Å². The molecule has 2 nitrogen and oxygen atoms in total. The van der Waals surface area contributed by atoms with E-state index in [9.17, 15) is 0 Å². The second kappa shape index (κ2) is 17.8. The molecule has 1 atom stereocenters. The van der Waals surface area contributed by atoms with Gasteiger partial charge in [0.15, 0.2) is 0 Å². The smallest absolute Gasteiger partial charge is 0.0230 e. The van der Waals surface area contributed by atoms with Crippen molar-refractivity contribution >= 4 is 5.69 Å². The Morgan fingerprint density at radius 2 is 1.27 bits per heavy atom. The molecule has 0 aliphatic heterocycles. The number of hydrogen-bond acceptors (Lipinski definition) is 1. The van der Waals surface area contributed by atoms with Crippen LogP contribution in [0.1, 0.15) is 98.4 Å². The first kappa shape index (κ1) is 33.4. The van der Waals surface area contributed by atoms with Crippen LogP contribution in [0.4, 0.5) is 5.69 Å². The minimum Gasteiger partial charge on any atom is -0.679 e. The molecule has 0 saturated heterocycles. The molecule has 1 aliphatic carbocycles. The summed E-state index contributed by atoms with van der Waals surface area (Å²) in [5.41, 5.74) is 8.28. The van der Waals surface area contributed by atoms with Crippen LogP contribution in [-0.2, 0) is 32.4 Å². The van der Waals surface area contributed by atoms with Crippen LogP contribution >= 0.6 is 0 Å². The maximum absolute atomic E-state index is 5.01. The van der Waals surface area contributed by atoms with Crippen LogP contribution in [0.25, 0.3) is 5.32 Å². The normalized spacial score (nSPS) is 13.9. The van der Waals surface area contributed by atoms with E-state index in [1.807, 2.05) is 60.7 Å². The van der Waals surface area contributed by atoms with Crippen molar-refractivity contribution in [2.24, 2.45) is 0 Å². The zero-order valence-electron chi connectivity index (χ0n) is 24.7. The topological polar surface area (TPSA) is 27.0 Å².